The fourth-order valence-corrected chi connectivity index (χ4v) is 4.20. The molecule has 1 atom stereocenters. The molecule has 7 heteroatoms. The van der Waals surface area contributed by atoms with Crippen molar-refractivity contribution in [2.45, 2.75) is 32.7 Å². The van der Waals surface area contributed by atoms with E-state index in [-0.39, 0.29) is 36.5 Å². The highest BCUT2D eigenvalue weighted by atomic mass is 32.2. The third-order valence-corrected chi connectivity index (χ3v) is 5.24. The maximum absolute atomic E-state index is 12.1. The van der Waals surface area contributed by atoms with Crippen LogP contribution in [0.3, 0.4) is 0 Å². The Morgan fingerprint density at radius 3 is 2.65 bits per heavy atom. The van der Waals surface area contributed by atoms with Crippen LogP contribution < -0.4 is 4.72 Å². The number of thiophene rings is 1. The van der Waals surface area contributed by atoms with Crippen molar-refractivity contribution in [2.24, 2.45) is 5.92 Å². The van der Waals surface area contributed by atoms with E-state index in [0.717, 1.165) is 4.88 Å². The summed E-state index contributed by atoms with van der Waals surface area (Å²) in [5.41, 5.74) is 0. The van der Waals surface area contributed by atoms with E-state index in [4.69, 9.17) is 0 Å². The first-order valence-corrected chi connectivity index (χ1v) is 8.99. The molecule has 1 heterocycles. The number of hydrogen-bond donors (Lipinski definition) is 1. The van der Waals surface area contributed by atoms with Gasteiger partial charge >= 0.3 is 5.97 Å². The second-order valence-electron chi connectivity index (χ2n) is 4.85. The van der Waals surface area contributed by atoms with E-state index in [2.05, 4.69) is 9.46 Å². The van der Waals surface area contributed by atoms with Crippen molar-refractivity contribution in [1.82, 2.24) is 4.72 Å². The molecule has 0 spiro atoms. The zero-order chi connectivity index (χ0) is 15.2. The van der Waals surface area contributed by atoms with E-state index in [9.17, 15) is 13.2 Å². The third-order valence-electron chi connectivity index (χ3n) is 2.84. The largest absolute Gasteiger partial charge is 0.469 e. The molecule has 5 nitrogen and oxygen atoms in total. The van der Waals surface area contributed by atoms with Crippen molar-refractivity contribution >= 4 is 27.3 Å². The smallest absolute Gasteiger partial charge is 0.305 e. The SMILES string of the molecule is COC(=O)CCCS(=O)(=O)NC(c1cccs1)C(C)C. The summed E-state index contributed by atoms with van der Waals surface area (Å²) in [6.45, 7) is 3.95. The van der Waals surface area contributed by atoms with Crippen molar-refractivity contribution in [3.05, 3.63) is 22.4 Å². The molecule has 0 aliphatic heterocycles. The molecule has 0 radical (unpaired) electrons. The minimum atomic E-state index is -3.41. The minimum absolute atomic E-state index is 0.0727. The first-order chi connectivity index (χ1) is 9.35. The van der Waals surface area contributed by atoms with Gasteiger partial charge in [0, 0.05) is 11.3 Å². The summed E-state index contributed by atoms with van der Waals surface area (Å²) in [4.78, 5) is 12.0. The lowest BCUT2D eigenvalue weighted by atomic mass is 10.0. The predicted molar refractivity (Wildman–Crippen MR) is 80.1 cm³/mol. The lowest BCUT2D eigenvalue weighted by molar-refractivity contribution is -0.140. The van der Waals surface area contributed by atoms with Gasteiger partial charge < -0.3 is 4.74 Å². The third kappa shape index (κ3) is 5.60. The van der Waals surface area contributed by atoms with Gasteiger partial charge in [-0.2, -0.15) is 0 Å². The summed E-state index contributed by atoms with van der Waals surface area (Å²) in [6, 6.07) is 3.60. The number of ether oxygens (including phenoxy) is 1. The molecule has 0 fully saturated rings. The van der Waals surface area contributed by atoms with Crippen molar-refractivity contribution in [3.8, 4) is 0 Å². The molecule has 114 valence electrons. The van der Waals surface area contributed by atoms with Gasteiger partial charge in [-0.1, -0.05) is 19.9 Å². The Kier molecular flexibility index (Phi) is 6.64. The first-order valence-electron chi connectivity index (χ1n) is 6.46. The van der Waals surface area contributed by atoms with Gasteiger partial charge in [0.25, 0.3) is 0 Å². The average Bonchev–Trinajstić information content (AvgIpc) is 2.88. The van der Waals surface area contributed by atoms with Crippen LogP contribution in [0.25, 0.3) is 0 Å². The zero-order valence-electron chi connectivity index (χ0n) is 12.0. The van der Waals surface area contributed by atoms with E-state index < -0.39 is 10.0 Å². The fraction of sp³-hybridized carbons (Fsp3) is 0.615. The summed E-state index contributed by atoms with van der Waals surface area (Å²) in [5, 5.41) is 1.93. The maximum Gasteiger partial charge on any atom is 0.305 e. The highest BCUT2D eigenvalue weighted by Crippen LogP contribution is 2.26. The molecular formula is C13H21NO4S2. The van der Waals surface area contributed by atoms with Crippen LogP contribution in [0, 0.1) is 5.92 Å². The van der Waals surface area contributed by atoms with Gasteiger partial charge in [-0.05, 0) is 23.8 Å². The predicted octanol–water partition coefficient (Wildman–Crippen LogP) is 2.32. The molecule has 1 aromatic heterocycles. The van der Waals surface area contributed by atoms with Gasteiger partial charge in [0.15, 0.2) is 0 Å². The molecule has 0 aliphatic carbocycles. The Balaban J connectivity index is 2.61. The molecule has 1 N–H and O–H groups in total. The number of methoxy groups -OCH3 is 1. The number of carbonyl (C=O) groups excluding carboxylic acids is 1. The van der Waals surface area contributed by atoms with E-state index in [0.29, 0.717) is 0 Å². The monoisotopic (exact) mass is 319 g/mol. The molecule has 1 aromatic rings. The van der Waals surface area contributed by atoms with E-state index in [1.807, 2.05) is 31.4 Å². The highest BCUT2D eigenvalue weighted by Gasteiger charge is 2.23. The quantitative estimate of drug-likeness (QED) is 0.746. The van der Waals surface area contributed by atoms with E-state index in [1.54, 1.807) is 0 Å². The number of sulfonamides is 1. The molecule has 1 unspecified atom stereocenters. The van der Waals surface area contributed by atoms with Crippen LogP contribution in [-0.4, -0.2) is 27.2 Å². The number of nitrogens with one attached hydrogen (secondary N) is 1. The molecule has 0 saturated carbocycles. The summed E-state index contributed by atoms with van der Waals surface area (Å²) in [7, 11) is -2.11. The van der Waals surface area contributed by atoms with Gasteiger partial charge in [0.1, 0.15) is 0 Å². The van der Waals surface area contributed by atoms with Crippen LogP contribution in [0.4, 0.5) is 0 Å². The molecule has 0 bridgehead atoms. The standard InChI is InChI=1S/C13H21NO4S2/c1-10(2)13(11-6-4-8-19-11)14-20(16,17)9-5-7-12(15)18-3/h4,6,8,10,13-14H,5,7,9H2,1-3H3. The van der Waals surface area contributed by atoms with E-state index >= 15 is 0 Å². The summed E-state index contributed by atoms with van der Waals surface area (Å²) < 4.78 is 31.3. The van der Waals surface area contributed by atoms with Crippen LogP contribution in [-0.2, 0) is 19.6 Å². The van der Waals surface area contributed by atoms with Gasteiger partial charge in [-0.15, -0.1) is 11.3 Å². The van der Waals surface area contributed by atoms with Crippen LogP contribution in [0.15, 0.2) is 17.5 Å². The molecule has 0 saturated heterocycles. The van der Waals surface area contributed by atoms with Gasteiger partial charge in [0.2, 0.25) is 10.0 Å². The molecule has 20 heavy (non-hydrogen) atoms. The topological polar surface area (TPSA) is 72.5 Å². The lowest BCUT2D eigenvalue weighted by Crippen LogP contribution is -2.33. The minimum Gasteiger partial charge on any atom is -0.469 e. The zero-order valence-corrected chi connectivity index (χ0v) is 13.6. The Morgan fingerprint density at radius 1 is 1.45 bits per heavy atom. The summed E-state index contributed by atoms with van der Waals surface area (Å²) in [6.07, 6.45) is 0.375. The number of hydrogen-bond acceptors (Lipinski definition) is 5. The van der Waals surface area contributed by atoms with Crippen LogP contribution in [0.2, 0.25) is 0 Å². The normalized spacial score (nSPS) is 13.4. The van der Waals surface area contributed by atoms with Crippen LogP contribution in [0.5, 0.6) is 0 Å². The Bertz CT molecular complexity index is 508. The molecule has 1 rings (SSSR count). The molecular weight excluding hydrogens is 298 g/mol. The van der Waals surface area contributed by atoms with Gasteiger partial charge in [0.05, 0.1) is 18.9 Å². The molecule has 0 aliphatic rings. The second-order valence-corrected chi connectivity index (χ2v) is 7.71. The second kappa shape index (κ2) is 7.75. The lowest BCUT2D eigenvalue weighted by Gasteiger charge is -2.21. The van der Waals surface area contributed by atoms with Gasteiger partial charge in [-0.25, -0.2) is 13.1 Å². The molecule has 0 amide bonds. The van der Waals surface area contributed by atoms with Crippen molar-refractivity contribution in [1.29, 1.82) is 0 Å². The number of esters is 1. The Labute approximate surface area is 124 Å². The summed E-state index contributed by atoms with van der Waals surface area (Å²) in [5.74, 6) is -0.306. The van der Waals surface area contributed by atoms with Gasteiger partial charge in [-0.3, -0.25) is 4.79 Å². The van der Waals surface area contributed by atoms with Crippen molar-refractivity contribution < 1.29 is 17.9 Å². The van der Waals surface area contributed by atoms with Crippen molar-refractivity contribution in [3.63, 3.8) is 0 Å². The summed E-state index contributed by atoms with van der Waals surface area (Å²) >= 11 is 1.53. The number of carbonyl (C=O) groups is 1. The molecule has 0 aromatic carbocycles. The average molecular weight is 319 g/mol. The number of rotatable bonds is 8. The van der Waals surface area contributed by atoms with Crippen molar-refractivity contribution in [2.75, 3.05) is 12.9 Å². The Morgan fingerprint density at radius 2 is 2.15 bits per heavy atom. The maximum atomic E-state index is 12.1. The van der Waals surface area contributed by atoms with E-state index in [1.165, 1.54) is 18.4 Å². The fourth-order valence-electron chi connectivity index (χ4n) is 1.75. The first kappa shape index (κ1) is 17.1. The van der Waals surface area contributed by atoms with Crippen LogP contribution >= 0.6 is 11.3 Å². The highest BCUT2D eigenvalue weighted by molar-refractivity contribution is 7.89. The Hall–Kier alpha value is -0.920. The van der Waals surface area contributed by atoms with Crippen LogP contribution in [0.1, 0.15) is 37.6 Å².